The van der Waals surface area contributed by atoms with E-state index in [0.29, 0.717) is 30.8 Å². The first-order valence-corrected chi connectivity index (χ1v) is 10.5. The second-order valence-corrected chi connectivity index (χ2v) is 8.46. The molecule has 30 heavy (non-hydrogen) atoms. The van der Waals surface area contributed by atoms with Gasteiger partial charge in [-0.3, -0.25) is 4.99 Å². The van der Waals surface area contributed by atoms with Crippen LogP contribution in [0.1, 0.15) is 46.1 Å². The van der Waals surface area contributed by atoms with Crippen molar-refractivity contribution < 1.29 is 23.0 Å². The van der Waals surface area contributed by atoms with Gasteiger partial charge in [-0.1, -0.05) is 26.8 Å². The van der Waals surface area contributed by atoms with Crippen LogP contribution in [-0.4, -0.2) is 45.5 Å². The van der Waals surface area contributed by atoms with Gasteiger partial charge < -0.3 is 24.8 Å². The molecular formula is C22H35F2N3O3. The third kappa shape index (κ3) is 7.31. The number of hydrogen-bond donors (Lipinski definition) is 2. The molecule has 1 aromatic carbocycles. The van der Waals surface area contributed by atoms with Gasteiger partial charge in [0.15, 0.2) is 17.5 Å². The summed E-state index contributed by atoms with van der Waals surface area (Å²) >= 11 is 0. The first-order chi connectivity index (χ1) is 14.2. The Bertz CT molecular complexity index is 693. The van der Waals surface area contributed by atoms with Gasteiger partial charge in [0.1, 0.15) is 0 Å². The van der Waals surface area contributed by atoms with Gasteiger partial charge in [-0.05, 0) is 42.9 Å². The number of hydrogen-bond acceptors (Lipinski definition) is 4. The van der Waals surface area contributed by atoms with Gasteiger partial charge in [-0.25, -0.2) is 0 Å². The van der Waals surface area contributed by atoms with Crippen molar-refractivity contribution in [3.63, 3.8) is 0 Å². The quantitative estimate of drug-likeness (QED) is 0.481. The summed E-state index contributed by atoms with van der Waals surface area (Å²) in [6.07, 6.45) is 2.39. The van der Waals surface area contributed by atoms with Crippen LogP contribution in [-0.2, 0) is 11.3 Å². The molecule has 0 radical (unpaired) electrons. The maximum atomic E-state index is 12.6. The van der Waals surface area contributed by atoms with Gasteiger partial charge in [0.2, 0.25) is 0 Å². The smallest absolute Gasteiger partial charge is 0.387 e. The summed E-state index contributed by atoms with van der Waals surface area (Å²) in [5.74, 6) is 1.42. The third-order valence-corrected chi connectivity index (χ3v) is 5.04. The number of rotatable bonds is 8. The molecule has 0 spiro atoms. The lowest BCUT2D eigenvalue weighted by Crippen LogP contribution is -2.47. The van der Waals surface area contributed by atoms with Gasteiger partial charge in [-0.2, -0.15) is 8.78 Å². The molecular weight excluding hydrogens is 392 g/mol. The Balaban J connectivity index is 1.94. The molecule has 1 saturated heterocycles. The molecule has 2 atom stereocenters. The molecule has 2 unspecified atom stereocenters. The van der Waals surface area contributed by atoms with Gasteiger partial charge in [-0.15, -0.1) is 0 Å². The Hall–Kier alpha value is -2.09. The Morgan fingerprint density at radius 2 is 2.03 bits per heavy atom. The highest BCUT2D eigenvalue weighted by Gasteiger charge is 2.35. The molecule has 2 N–H and O–H groups in total. The number of ether oxygens (including phenoxy) is 3. The minimum absolute atomic E-state index is 0.0311. The standard InChI is InChI=1S/C22H35F2N3O3/c1-6-28-18-12-15(9-10-17(18)30-20(23)24)13-26-21(25-5)27-14-16-8-7-11-29-19(16)22(2,3)4/h9-10,12,16,19-20H,6-8,11,13-14H2,1-5H3,(H2,25,26,27). The van der Waals surface area contributed by atoms with E-state index in [1.54, 1.807) is 26.1 Å². The molecule has 1 aliphatic rings. The number of alkyl halides is 2. The minimum atomic E-state index is -2.89. The number of aliphatic imine (C=N–C) groups is 1. The zero-order valence-corrected chi connectivity index (χ0v) is 18.6. The second-order valence-electron chi connectivity index (χ2n) is 8.46. The van der Waals surface area contributed by atoms with Crippen LogP contribution in [0.25, 0.3) is 0 Å². The molecule has 0 bridgehead atoms. The molecule has 6 nitrogen and oxygen atoms in total. The molecule has 1 heterocycles. The van der Waals surface area contributed by atoms with E-state index >= 15 is 0 Å². The fourth-order valence-corrected chi connectivity index (χ4v) is 3.77. The largest absolute Gasteiger partial charge is 0.490 e. The average molecular weight is 428 g/mol. The first-order valence-electron chi connectivity index (χ1n) is 10.5. The van der Waals surface area contributed by atoms with E-state index in [9.17, 15) is 8.78 Å². The van der Waals surface area contributed by atoms with E-state index in [1.807, 2.05) is 0 Å². The first kappa shape index (κ1) is 24.2. The Morgan fingerprint density at radius 1 is 1.27 bits per heavy atom. The summed E-state index contributed by atoms with van der Waals surface area (Å²) in [5.41, 5.74) is 0.957. The zero-order chi connectivity index (χ0) is 22.1. The highest BCUT2D eigenvalue weighted by Crippen LogP contribution is 2.33. The van der Waals surface area contributed by atoms with Crippen molar-refractivity contribution in [1.82, 2.24) is 10.6 Å². The van der Waals surface area contributed by atoms with Crippen LogP contribution in [0.3, 0.4) is 0 Å². The lowest BCUT2D eigenvalue weighted by Gasteiger charge is -2.40. The normalized spacial score (nSPS) is 20.2. The minimum Gasteiger partial charge on any atom is -0.490 e. The van der Waals surface area contributed by atoms with E-state index in [0.717, 1.165) is 31.6 Å². The molecule has 1 aromatic rings. The van der Waals surface area contributed by atoms with Crippen LogP contribution in [0.15, 0.2) is 23.2 Å². The van der Waals surface area contributed by atoms with Crippen LogP contribution >= 0.6 is 0 Å². The lowest BCUT2D eigenvalue weighted by molar-refractivity contribution is -0.0835. The van der Waals surface area contributed by atoms with Gasteiger partial charge in [0, 0.05) is 32.7 Å². The lowest BCUT2D eigenvalue weighted by atomic mass is 9.78. The van der Waals surface area contributed by atoms with Crippen molar-refractivity contribution in [3.05, 3.63) is 23.8 Å². The SMILES string of the molecule is CCOc1cc(CNC(=NC)NCC2CCCOC2C(C)(C)C)ccc1OC(F)F. The number of halogens is 2. The van der Waals surface area contributed by atoms with Crippen molar-refractivity contribution in [2.45, 2.75) is 59.8 Å². The molecule has 0 aromatic heterocycles. The number of nitrogens with zero attached hydrogens (tertiary/aromatic N) is 1. The van der Waals surface area contributed by atoms with Crippen molar-refractivity contribution in [2.24, 2.45) is 16.3 Å². The highest BCUT2D eigenvalue weighted by atomic mass is 19.3. The number of benzene rings is 1. The molecule has 0 amide bonds. The molecule has 0 aliphatic carbocycles. The van der Waals surface area contributed by atoms with E-state index in [1.165, 1.54) is 6.07 Å². The van der Waals surface area contributed by atoms with E-state index in [-0.39, 0.29) is 17.3 Å². The van der Waals surface area contributed by atoms with Gasteiger partial charge >= 0.3 is 6.61 Å². The monoisotopic (exact) mass is 427 g/mol. The third-order valence-electron chi connectivity index (χ3n) is 5.04. The molecule has 2 rings (SSSR count). The summed E-state index contributed by atoms with van der Waals surface area (Å²) in [5, 5.41) is 6.65. The highest BCUT2D eigenvalue weighted by molar-refractivity contribution is 5.79. The Labute approximate surface area is 178 Å². The van der Waals surface area contributed by atoms with Crippen molar-refractivity contribution >= 4 is 5.96 Å². The topological polar surface area (TPSA) is 64.1 Å². The van der Waals surface area contributed by atoms with Crippen LogP contribution in [0.4, 0.5) is 8.78 Å². The summed E-state index contributed by atoms with van der Waals surface area (Å²) in [7, 11) is 1.72. The maximum absolute atomic E-state index is 12.6. The Morgan fingerprint density at radius 3 is 2.67 bits per heavy atom. The van der Waals surface area contributed by atoms with Crippen LogP contribution in [0.2, 0.25) is 0 Å². The van der Waals surface area contributed by atoms with Crippen molar-refractivity contribution in [3.8, 4) is 11.5 Å². The fraction of sp³-hybridized carbons (Fsp3) is 0.682. The molecule has 1 aliphatic heterocycles. The van der Waals surface area contributed by atoms with Crippen LogP contribution in [0, 0.1) is 11.3 Å². The van der Waals surface area contributed by atoms with Gasteiger partial charge in [0.25, 0.3) is 0 Å². The molecule has 8 heteroatoms. The van der Waals surface area contributed by atoms with Crippen LogP contribution in [0.5, 0.6) is 11.5 Å². The maximum Gasteiger partial charge on any atom is 0.387 e. The molecule has 0 saturated carbocycles. The molecule has 1 fully saturated rings. The summed E-state index contributed by atoms with van der Waals surface area (Å²) < 4.78 is 41.1. The second kappa shape index (κ2) is 11.3. The summed E-state index contributed by atoms with van der Waals surface area (Å²) in [4.78, 5) is 4.29. The summed E-state index contributed by atoms with van der Waals surface area (Å²) in [6, 6.07) is 4.93. The molecule has 170 valence electrons. The van der Waals surface area contributed by atoms with E-state index in [2.05, 4.69) is 41.1 Å². The number of nitrogens with one attached hydrogen (secondary N) is 2. The van der Waals surface area contributed by atoms with Gasteiger partial charge in [0.05, 0.1) is 12.7 Å². The van der Waals surface area contributed by atoms with Crippen molar-refractivity contribution in [2.75, 3.05) is 26.8 Å². The predicted molar refractivity (Wildman–Crippen MR) is 114 cm³/mol. The zero-order valence-electron chi connectivity index (χ0n) is 18.6. The average Bonchev–Trinajstić information content (AvgIpc) is 2.69. The van der Waals surface area contributed by atoms with Crippen LogP contribution < -0.4 is 20.1 Å². The number of guanidine groups is 1. The Kier molecular flexibility index (Phi) is 9.14. The van der Waals surface area contributed by atoms with Crippen molar-refractivity contribution in [1.29, 1.82) is 0 Å². The van der Waals surface area contributed by atoms with E-state index in [4.69, 9.17) is 9.47 Å². The fourth-order valence-electron chi connectivity index (χ4n) is 3.77. The predicted octanol–water partition coefficient (Wildman–Crippen LogP) is 4.19. The van der Waals surface area contributed by atoms with E-state index < -0.39 is 6.61 Å². The summed E-state index contributed by atoms with van der Waals surface area (Å²) in [6.45, 7) is 7.95.